The highest BCUT2D eigenvalue weighted by Gasteiger charge is 2.75. The lowest BCUT2D eigenvalue weighted by molar-refractivity contribution is -0.182. The smallest absolute Gasteiger partial charge is 0.384 e. The first-order valence-electron chi connectivity index (χ1n) is 5.48. The van der Waals surface area contributed by atoms with Crippen molar-refractivity contribution >= 4 is 7.82 Å². The molecule has 0 spiro atoms. The van der Waals surface area contributed by atoms with Crippen molar-refractivity contribution < 1.29 is 28.3 Å². The number of rotatable bonds is 0. The summed E-state index contributed by atoms with van der Waals surface area (Å²) in [7, 11) is -4.14. The van der Waals surface area contributed by atoms with Crippen LogP contribution in [0.3, 0.4) is 0 Å². The molecule has 100 valence electrons. The van der Waals surface area contributed by atoms with Crippen LogP contribution < -0.4 is 0 Å². The van der Waals surface area contributed by atoms with E-state index in [4.69, 9.17) is 13.8 Å². The van der Waals surface area contributed by atoms with Crippen molar-refractivity contribution in [2.75, 3.05) is 6.61 Å². The van der Waals surface area contributed by atoms with E-state index in [2.05, 4.69) is 0 Å². The van der Waals surface area contributed by atoms with Gasteiger partial charge < -0.3 is 14.7 Å². The van der Waals surface area contributed by atoms with Gasteiger partial charge in [-0.3, -0.25) is 9.05 Å². The van der Waals surface area contributed by atoms with E-state index < -0.39 is 30.2 Å². The van der Waals surface area contributed by atoms with Crippen LogP contribution >= 0.6 is 7.82 Å². The molecule has 0 amide bonds. The number of fused-ring (bicyclic) bond motifs is 1. The zero-order valence-electron chi connectivity index (χ0n) is 10.7. The normalized spacial score (nSPS) is 57.8. The quantitative estimate of drug-likeness (QED) is 0.641. The molecule has 2 unspecified atom stereocenters. The standard InChI is InChI=1S/C10H19O6P/c1-7(2)9(4,11)10(5)8(3,15-7)6-14-17(12,13)16-10/h11H,6H2,1-5H3,(H,12,13)/t8-,9?,10+/m1/s1. The van der Waals surface area contributed by atoms with Gasteiger partial charge in [0, 0.05) is 0 Å². The second-order valence-corrected chi connectivity index (χ2v) is 7.16. The number of ether oxygens (including phenoxy) is 1. The third-order valence-electron chi connectivity index (χ3n) is 4.39. The molecule has 2 aliphatic heterocycles. The van der Waals surface area contributed by atoms with Crippen LogP contribution in [-0.2, 0) is 18.3 Å². The number of hydrogen-bond donors (Lipinski definition) is 2. The molecule has 0 bridgehead atoms. The second-order valence-electron chi connectivity index (χ2n) is 5.78. The minimum atomic E-state index is -4.14. The molecule has 2 rings (SSSR count). The summed E-state index contributed by atoms with van der Waals surface area (Å²) in [6, 6.07) is 0. The molecular formula is C10H19O6P. The summed E-state index contributed by atoms with van der Waals surface area (Å²) < 4.78 is 27.3. The van der Waals surface area contributed by atoms with Crippen LogP contribution in [0.2, 0.25) is 0 Å². The number of phosphoric ester groups is 1. The van der Waals surface area contributed by atoms with Crippen molar-refractivity contribution in [2.45, 2.75) is 57.0 Å². The molecule has 0 aromatic rings. The Morgan fingerprint density at radius 2 is 1.71 bits per heavy atom. The van der Waals surface area contributed by atoms with Crippen molar-refractivity contribution in [1.29, 1.82) is 0 Å². The van der Waals surface area contributed by atoms with Crippen LogP contribution in [0.15, 0.2) is 0 Å². The molecule has 7 heteroatoms. The first-order chi connectivity index (χ1) is 7.37. The lowest BCUT2D eigenvalue weighted by Gasteiger charge is -2.48. The fraction of sp³-hybridized carbons (Fsp3) is 1.00. The molecule has 2 aliphatic rings. The van der Waals surface area contributed by atoms with Crippen LogP contribution in [-0.4, -0.2) is 39.0 Å². The first kappa shape index (κ1) is 13.5. The summed E-state index contributed by atoms with van der Waals surface area (Å²) in [5.41, 5.74) is -4.62. The molecule has 0 radical (unpaired) electrons. The number of aliphatic hydroxyl groups is 1. The Balaban J connectivity index is 2.56. The van der Waals surface area contributed by atoms with Crippen molar-refractivity contribution in [3.63, 3.8) is 0 Å². The van der Waals surface area contributed by atoms with E-state index in [0.29, 0.717) is 0 Å². The van der Waals surface area contributed by atoms with Crippen molar-refractivity contribution in [1.82, 2.24) is 0 Å². The fourth-order valence-corrected chi connectivity index (χ4v) is 3.96. The van der Waals surface area contributed by atoms with Gasteiger partial charge in [-0.1, -0.05) is 0 Å². The molecule has 4 atom stereocenters. The molecule has 0 saturated carbocycles. The van der Waals surface area contributed by atoms with Crippen LogP contribution in [0.25, 0.3) is 0 Å². The van der Waals surface area contributed by atoms with Crippen LogP contribution in [0.5, 0.6) is 0 Å². The van der Waals surface area contributed by atoms with Gasteiger partial charge in [-0.05, 0) is 34.6 Å². The third-order valence-corrected chi connectivity index (χ3v) is 5.44. The van der Waals surface area contributed by atoms with Gasteiger partial charge in [0.2, 0.25) is 0 Å². The molecule has 17 heavy (non-hydrogen) atoms. The Kier molecular flexibility index (Phi) is 2.48. The van der Waals surface area contributed by atoms with Crippen molar-refractivity contribution in [2.24, 2.45) is 0 Å². The summed E-state index contributed by atoms with van der Waals surface area (Å²) in [6.45, 7) is 8.16. The highest BCUT2D eigenvalue weighted by molar-refractivity contribution is 7.47. The first-order valence-corrected chi connectivity index (χ1v) is 6.97. The molecule has 2 fully saturated rings. The molecule has 0 aromatic heterocycles. The summed E-state index contributed by atoms with van der Waals surface area (Å²) >= 11 is 0. The van der Waals surface area contributed by atoms with E-state index in [0.717, 1.165) is 0 Å². The van der Waals surface area contributed by atoms with Gasteiger partial charge in [0.15, 0.2) is 0 Å². The summed E-state index contributed by atoms with van der Waals surface area (Å²) in [6.07, 6.45) is 0. The number of phosphoric acid groups is 1. The molecule has 0 aliphatic carbocycles. The van der Waals surface area contributed by atoms with E-state index in [9.17, 15) is 14.6 Å². The van der Waals surface area contributed by atoms with Gasteiger partial charge in [-0.15, -0.1) is 0 Å². The predicted molar refractivity (Wildman–Crippen MR) is 59.5 cm³/mol. The monoisotopic (exact) mass is 266 g/mol. The van der Waals surface area contributed by atoms with Gasteiger partial charge >= 0.3 is 7.82 Å². The van der Waals surface area contributed by atoms with Gasteiger partial charge in [0.05, 0.1) is 12.2 Å². The Hall–Kier alpha value is 0.0300. The van der Waals surface area contributed by atoms with E-state index >= 15 is 0 Å². The van der Waals surface area contributed by atoms with Gasteiger partial charge in [0.25, 0.3) is 0 Å². The maximum atomic E-state index is 11.6. The van der Waals surface area contributed by atoms with Crippen LogP contribution in [0.4, 0.5) is 0 Å². The minimum Gasteiger partial charge on any atom is -0.384 e. The van der Waals surface area contributed by atoms with Crippen LogP contribution in [0, 0.1) is 0 Å². The Morgan fingerprint density at radius 3 is 2.24 bits per heavy atom. The second kappa shape index (κ2) is 3.13. The Bertz CT molecular complexity index is 406. The zero-order chi connectivity index (χ0) is 13.3. The summed E-state index contributed by atoms with van der Waals surface area (Å²) in [4.78, 5) is 9.45. The maximum absolute atomic E-state index is 11.6. The summed E-state index contributed by atoms with van der Waals surface area (Å²) in [5, 5.41) is 10.6. The SMILES string of the molecule is CC1(C)O[C@]2(C)COP(=O)(O)O[C@]2(C)C1(C)O. The molecule has 2 saturated heterocycles. The average molecular weight is 266 g/mol. The lowest BCUT2D eigenvalue weighted by Crippen LogP contribution is -2.64. The molecule has 0 aromatic carbocycles. The molecule has 2 heterocycles. The van der Waals surface area contributed by atoms with Crippen molar-refractivity contribution in [3.8, 4) is 0 Å². The van der Waals surface area contributed by atoms with Crippen LogP contribution in [0.1, 0.15) is 34.6 Å². The van der Waals surface area contributed by atoms with Crippen molar-refractivity contribution in [3.05, 3.63) is 0 Å². The fourth-order valence-electron chi connectivity index (χ4n) is 2.66. The van der Waals surface area contributed by atoms with E-state index in [1.807, 2.05) is 0 Å². The molecule has 2 N–H and O–H groups in total. The Morgan fingerprint density at radius 1 is 1.18 bits per heavy atom. The minimum absolute atomic E-state index is 0.100. The van der Waals surface area contributed by atoms with Gasteiger partial charge in [-0.2, -0.15) is 0 Å². The van der Waals surface area contributed by atoms with E-state index in [1.54, 1.807) is 34.6 Å². The largest absolute Gasteiger partial charge is 0.473 e. The summed E-state index contributed by atoms with van der Waals surface area (Å²) in [5.74, 6) is 0. The van der Waals surface area contributed by atoms with E-state index in [1.165, 1.54) is 0 Å². The Labute approximate surface area is 100 Å². The average Bonchev–Trinajstić information content (AvgIpc) is 2.20. The molecular weight excluding hydrogens is 247 g/mol. The van der Waals surface area contributed by atoms with Gasteiger partial charge in [0.1, 0.15) is 16.8 Å². The third kappa shape index (κ3) is 1.49. The highest BCUT2D eigenvalue weighted by Crippen LogP contribution is 2.64. The highest BCUT2D eigenvalue weighted by atomic mass is 31.2. The van der Waals surface area contributed by atoms with Gasteiger partial charge in [-0.25, -0.2) is 4.57 Å². The number of hydrogen-bond acceptors (Lipinski definition) is 5. The predicted octanol–water partition coefficient (Wildman–Crippen LogP) is 1.21. The molecule has 6 nitrogen and oxygen atoms in total. The topological polar surface area (TPSA) is 85.2 Å². The maximum Gasteiger partial charge on any atom is 0.473 e. The van der Waals surface area contributed by atoms with E-state index in [-0.39, 0.29) is 6.61 Å². The lowest BCUT2D eigenvalue weighted by atomic mass is 9.71. The zero-order valence-corrected chi connectivity index (χ0v) is 11.6.